The molecule has 2 bridgehead atoms. The number of carbonyl (C=O) groups is 4. The molecule has 2 saturated carbocycles. The average Bonchev–Trinajstić information content (AvgIpc) is 3.53. The summed E-state index contributed by atoms with van der Waals surface area (Å²) in [6, 6.07) is 0. The van der Waals surface area contributed by atoms with Crippen molar-refractivity contribution in [1.82, 2.24) is 0 Å². The van der Waals surface area contributed by atoms with E-state index in [0.717, 1.165) is 11.1 Å². The molecule has 1 spiro atoms. The van der Waals surface area contributed by atoms with Crippen LogP contribution in [0.3, 0.4) is 0 Å². The van der Waals surface area contributed by atoms with Gasteiger partial charge in [-0.3, -0.25) is 14.4 Å². The van der Waals surface area contributed by atoms with Gasteiger partial charge in [-0.1, -0.05) is 36.8 Å². The number of allylic oxidation sites excluding steroid dienone is 2. The van der Waals surface area contributed by atoms with Crippen molar-refractivity contribution in [2.75, 3.05) is 0 Å². The first-order valence-electron chi connectivity index (χ1n) is 14.3. The smallest absolute Gasteiger partial charge is 0.334 e. The number of hydrogen-bond acceptors (Lipinski definition) is 8. The van der Waals surface area contributed by atoms with E-state index in [9.17, 15) is 24.3 Å². The summed E-state index contributed by atoms with van der Waals surface area (Å²) in [5, 5.41) is 12.2. The van der Waals surface area contributed by atoms with Gasteiger partial charge in [-0.2, -0.15) is 0 Å². The minimum absolute atomic E-state index is 0.0934. The lowest BCUT2D eigenvalue weighted by Gasteiger charge is -2.46. The highest BCUT2D eigenvalue weighted by Crippen LogP contribution is 2.80. The van der Waals surface area contributed by atoms with Gasteiger partial charge in [-0.05, 0) is 46.1 Å². The second-order valence-corrected chi connectivity index (χ2v) is 13.8. The van der Waals surface area contributed by atoms with Crippen molar-refractivity contribution >= 4 is 23.7 Å². The quantitative estimate of drug-likeness (QED) is 0.229. The topological polar surface area (TPSA) is 116 Å². The third-order valence-electron chi connectivity index (χ3n) is 12.1. The zero-order valence-corrected chi connectivity index (χ0v) is 23.6. The van der Waals surface area contributed by atoms with Crippen LogP contribution in [-0.2, 0) is 33.4 Å². The molecule has 8 heteroatoms. The molecule has 8 nitrogen and oxygen atoms in total. The van der Waals surface area contributed by atoms with Crippen LogP contribution < -0.4 is 0 Å². The number of esters is 3. The van der Waals surface area contributed by atoms with Crippen molar-refractivity contribution in [1.29, 1.82) is 0 Å². The van der Waals surface area contributed by atoms with Crippen LogP contribution in [0.1, 0.15) is 60.3 Å². The first-order chi connectivity index (χ1) is 18.7. The predicted molar refractivity (Wildman–Crippen MR) is 141 cm³/mol. The van der Waals surface area contributed by atoms with Gasteiger partial charge in [0.2, 0.25) is 0 Å². The van der Waals surface area contributed by atoms with E-state index in [1.807, 2.05) is 39.8 Å². The first kappa shape index (κ1) is 25.9. The number of ketones is 1. The molecular formula is C32H36O8. The number of rotatable bonds is 1. The molecule has 7 aliphatic rings. The minimum atomic E-state index is -1.20. The highest BCUT2D eigenvalue weighted by atomic mass is 16.6. The Balaban J connectivity index is 1.45. The van der Waals surface area contributed by atoms with E-state index >= 15 is 0 Å². The van der Waals surface area contributed by atoms with Gasteiger partial charge >= 0.3 is 17.9 Å². The molecule has 2 aliphatic heterocycles. The summed E-state index contributed by atoms with van der Waals surface area (Å²) in [6.07, 6.45) is 5.27. The molecule has 0 aromatic heterocycles. The Kier molecular flexibility index (Phi) is 4.95. The molecule has 0 aromatic carbocycles. The lowest BCUT2D eigenvalue weighted by atomic mass is 9.54. The fourth-order valence-electron chi connectivity index (χ4n) is 10.4. The molecule has 7 rings (SSSR count). The standard InChI is InChI=1S/C32H36O8/c1-14-11-19(34)21-15(2)12-20(38-17(4)33)23-25(22(14)21)40-28(36)32(23)13-31-10-9-29(32,5)26(31)24-18(7-8-30(31,6)37)16(3)27(35)39-24/h9-11,18,20,22-26,37H,3,7-8,12-13H2,1-2,4-6H3/t18-,20-,22-,23+,24-,25+,26-,29-,30+,31?,32?/m0/s1. The Morgan fingerprint density at radius 2 is 1.85 bits per heavy atom. The summed E-state index contributed by atoms with van der Waals surface area (Å²) < 4.78 is 18.4. The molecule has 212 valence electrons. The van der Waals surface area contributed by atoms with Crippen molar-refractivity contribution in [3.63, 3.8) is 0 Å². The van der Waals surface area contributed by atoms with Crippen LogP contribution in [-0.4, -0.2) is 52.7 Å². The predicted octanol–water partition coefficient (Wildman–Crippen LogP) is 3.54. The average molecular weight is 549 g/mol. The SMILES string of the molecule is C=C1C(=O)O[C@@H]2[C@@H]3C4(C=C[C@]3(C)C3(C4)C(=O)O[C@@H]4[C@H]5C(C)=CC(=O)C5=C(C)C[C@H](OC(C)=O)[C@H]43)[C@](C)(O)CC[C@@H]12. The largest absolute Gasteiger partial charge is 0.462 e. The lowest BCUT2D eigenvalue weighted by molar-refractivity contribution is -0.160. The van der Waals surface area contributed by atoms with Crippen LogP contribution in [0.4, 0.5) is 0 Å². The van der Waals surface area contributed by atoms with E-state index in [2.05, 4.69) is 6.58 Å². The van der Waals surface area contributed by atoms with E-state index in [4.69, 9.17) is 14.2 Å². The van der Waals surface area contributed by atoms with Gasteiger partial charge in [-0.25, -0.2) is 4.79 Å². The van der Waals surface area contributed by atoms with Crippen molar-refractivity contribution in [2.24, 2.45) is 39.9 Å². The summed E-state index contributed by atoms with van der Waals surface area (Å²) in [4.78, 5) is 52.9. The van der Waals surface area contributed by atoms with Crippen LogP contribution in [0.2, 0.25) is 0 Å². The van der Waals surface area contributed by atoms with Crippen LogP contribution in [0.5, 0.6) is 0 Å². The molecule has 40 heavy (non-hydrogen) atoms. The van der Waals surface area contributed by atoms with Crippen LogP contribution in [0.15, 0.2) is 47.1 Å². The molecular weight excluding hydrogens is 512 g/mol. The highest BCUT2D eigenvalue weighted by Gasteiger charge is 2.84. The number of aliphatic hydroxyl groups is 1. The van der Waals surface area contributed by atoms with Gasteiger partial charge in [-0.15, -0.1) is 0 Å². The van der Waals surface area contributed by atoms with Crippen molar-refractivity contribution in [2.45, 2.75) is 84.2 Å². The van der Waals surface area contributed by atoms with Gasteiger partial charge in [0.05, 0.1) is 16.9 Å². The first-order valence-corrected chi connectivity index (χ1v) is 14.3. The van der Waals surface area contributed by atoms with Crippen molar-refractivity contribution in [3.05, 3.63) is 47.1 Å². The fraction of sp³-hybridized carbons (Fsp3) is 0.625. The third kappa shape index (κ3) is 2.72. The summed E-state index contributed by atoms with van der Waals surface area (Å²) in [6.45, 7) is 13.0. The second kappa shape index (κ2) is 7.64. The summed E-state index contributed by atoms with van der Waals surface area (Å²) in [5.74, 6) is -3.06. The van der Waals surface area contributed by atoms with Gasteiger partial charge in [0, 0.05) is 53.1 Å². The summed E-state index contributed by atoms with van der Waals surface area (Å²) in [7, 11) is 0. The molecule has 11 atom stereocenters. The van der Waals surface area contributed by atoms with E-state index in [-0.39, 0.29) is 18.1 Å². The molecule has 0 amide bonds. The van der Waals surface area contributed by atoms with Gasteiger partial charge in [0.25, 0.3) is 0 Å². The lowest BCUT2D eigenvalue weighted by Crippen LogP contribution is -2.53. The third-order valence-corrected chi connectivity index (χ3v) is 12.1. The van der Waals surface area contributed by atoms with E-state index in [1.165, 1.54) is 6.92 Å². The Morgan fingerprint density at radius 3 is 2.55 bits per heavy atom. The normalized spacial score (nSPS) is 50.1. The maximum Gasteiger partial charge on any atom is 0.334 e. The molecule has 4 fully saturated rings. The monoisotopic (exact) mass is 548 g/mol. The van der Waals surface area contributed by atoms with Gasteiger partial charge in [0.1, 0.15) is 18.3 Å². The fourth-order valence-corrected chi connectivity index (χ4v) is 10.4. The Hall–Kier alpha value is -3.00. The molecule has 0 radical (unpaired) electrons. The maximum absolute atomic E-state index is 14.5. The zero-order valence-electron chi connectivity index (χ0n) is 23.6. The van der Waals surface area contributed by atoms with Crippen molar-refractivity contribution < 1.29 is 38.5 Å². The van der Waals surface area contributed by atoms with Crippen molar-refractivity contribution in [3.8, 4) is 0 Å². The molecule has 1 N–H and O–H groups in total. The summed E-state index contributed by atoms with van der Waals surface area (Å²) in [5.41, 5.74) is -1.46. The van der Waals surface area contributed by atoms with E-state index in [1.54, 1.807) is 6.08 Å². The number of fused-ring (bicyclic) bond motifs is 6. The molecule has 2 heterocycles. The molecule has 2 unspecified atom stereocenters. The Bertz CT molecular complexity index is 1410. The Morgan fingerprint density at radius 1 is 1.12 bits per heavy atom. The van der Waals surface area contributed by atoms with E-state index in [0.29, 0.717) is 30.4 Å². The van der Waals surface area contributed by atoms with Gasteiger partial charge in [0.15, 0.2) is 5.78 Å². The number of hydrogen-bond donors (Lipinski definition) is 1. The zero-order chi connectivity index (χ0) is 28.7. The van der Waals surface area contributed by atoms with Crippen LogP contribution in [0.25, 0.3) is 0 Å². The maximum atomic E-state index is 14.5. The number of carbonyl (C=O) groups excluding carboxylic acids is 4. The van der Waals surface area contributed by atoms with Crippen LogP contribution in [0, 0.1) is 39.9 Å². The minimum Gasteiger partial charge on any atom is -0.462 e. The highest BCUT2D eigenvalue weighted by molar-refractivity contribution is 6.09. The van der Waals surface area contributed by atoms with E-state index < -0.39 is 75.8 Å². The number of ether oxygens (including phenoxy) is 3. The summed E-state index contributed by atoms with van der Waals surface area (Å²) >= 11 is 0. The Labute approximate surface area is 233 Å². The second-order valence-electron chi connectivity index (χ2n) is 13.8. The van der Waals surface area contributed by atoms with Crippen LogP contribution >= 0.6 is 0 Å². The molecule has 5 aliphatic carbocycles. The molecule has 2 saturated heterocycles. The molecule has 0 aromatic rings. The van der Waals surface area contributed by atoms with Gasteiger partial charge < -0.3 is 19.3 Å².